The largest absolute Gasteiger partial charge is 0.506 e. The van der Waals surface area contributed by atoms with Crippen LogP contribution in [0.25, 0.3) is 50.5 Å². The molecule has 6 rings (SSSR count). The Morgan fingerprint density at radius 2 is 1.55 bits per heavy atom. The van der Waals surface area contributed by atoms with Crippen molar-refractivity contribution in [1.29, 1.82) is 0 Å². The monoisotopic (exact) mass is 426 g/mol. The number of aryl methyl sites for hydroxylation is 1. The molecule has 0 amide bonds. The van der Waals surface area contributed by atoms with Crippen LogP contribution in [0.5, 0.6) is 5.75 Å². The molecule has 0 aliphatic rings. The van der Waals surface area contributed by atoms with Gasteiger partial charge in [0.15, 0.2) is 0 Å². The molecule has 2 aromatic heterocycles. The number of phenolic OH excluding ortho intramolecular Hbond substituents is 1. The summed E-state index contributed by atoms with van der Waals surface area (Å²) in [6.07, 6.45) is 4.07. The SMILES string of the molecule is Cc1ccc(-n2c3ccccc3c3cc(/C=C/c4ccc5cccc(O)c5n4)ccc32)cc1. The highest BCUT2D eigenvalue weighted by Crippen LogP contribution is 2.33. The number of benzene rings is 4. The van der Waals surface area contributed by atoms with Crippen LogP contribution in [0.2, 0.25) is 0 Å². The predicted octanol–water partition coefficient (Wildman–Crippen LogP) is 7.52. The molecule has 4 aromatic carbocycles. The second kappa shape index (κ2) is 7.64. The van der Waals surface area contributed by atoms with Crippen molar-refractivity contribution in [3.8, 4) is 11.4 Å². The molecule has 0 fully saturated rings. The first-order valence-corrected chi connectivity index (χ1v) is 11.0. The van der Waals surface area contributed by atoms with Gasteiger partial charge in [-0.05, 0) is 61.0 Å². The number of hydrogen-bond acceptors (Lipinski definition) is 2. The summed E-state index contributed by atoms with van der Waals surface area (Å²) in [7, 11) is 0. The number of para-hydroxylation sites is 2. The lowest BCUT2D eigenvalue weighted by molar-refractivity contribution is 0.480. The second-order valence-corrected chi connectivity index (χ2v) is 8.38. The first-order valence-electron chi connectivity index (χ1n) is 11.0. The van der Waals surface area contributed by atoms with Gasteiger partial charge in [-0.25, -0.2) is 4.98 Å². The molecule has 0 spiro atoms. The molecule has 0 bridgehead atoms. The van der Waals surface area contributed by atoms with E-state index in [4.69, 9.17) is 0 Å². The molecule has 0 aliphatic carbocycles. The Kier molecular flexibility index (Phi) is 4.48. The topological polar surface area (TPSA) is 38.0 Å². The Bertz CT molecular complexity index is 1670. The standard InChI is InChI=1S/C30H22N2O/c1-20-9-16-24(17-10-20)32-27-7-3-2-6-25(27)26-19-21(12-18-28(26)32)11-14-23-15-13-22-5-4-8-29(33)30(22)31-23/h2-19,33H,1H3/b14-11+. The molecule has 0 saturated heterocycles. The lowest BCUT2D eigenvalue weighted by Crippen LogP contribution is -1.93. The highest BCUT2D eigenvalue weighted by atomic mass is 16.3. The van der Waals surface area contributed by atoms with E-state index in [9.17, 15) is 5.11 Å². The summed E-state index contributed by atoms with van der Waals surface area (Å²) >= 11 is 0. The van der Waals surface area contributed by atoms with Gasteiger partial charge in [0.2, 0.25) is 0 Å². The minimum atomic E-state index is 0.202. The van der Waals surface area contributed by atoms with E-state index in [1.54, 1.807) is 6.07 Å². The van der Waals surface area contributed by atoms with Gasteiger partial charge < -0.3 is 9.67 Å². The van der Waals surface area contributed by atoms with Crippen LogP contribution in [0.4, 0.5) is 0 Å². The van der Waals surface area contributed by atoms with Crippen molar-refractivity contribution in [2.75, 3.05) is 0 Å². The number of hydrogen-bond donors (Lipinski definition) is 1. The summed E-state index contributed by atoms with van der Waals surface area (Å²) < 4.78 is 2.32. The third-order valence-electron chi connectivity index (χ3n) is 6.16. The molecule has 1 N–H and O–H groups in total. The summed E-state index contributed by atoms with van der Waals surface area (Å²) in [5.41, 5.74) is 7.34. The summed E-state index contributed by atoms with van der Waals surface area (Å²) in [5, 5.41) is 13.5. The van der Waals surface area contributed by atoms with E-state index in [1.165, 1.54) is 27.4 Å². The van der Waals surface area contributed by atoms with Crippen molar-refractivity contribution >= 4 is 44.9 Å². The Labute approximate surface area is 191 Å². The van der Waals surface area contributed by atoms with Gasteiger partial charge in [-0.1, -0.05) is 66.2 Å². The van der Waals surface area contributed by atoms with Crippen molar-refractivity contribution in [3.63, 3.8) is 0 Å². The molecule has 3 nitrogen and oxygen atoms in total. The van der Waals surface area contributed by atoms with Crippen molar-refractivity contribution in [1.82, 2.24) is 9.55 Å². The molecule has 2 heterocycles. The van der Waals surface area contributed by atoms with Crippen LogP contribution >= 0.6 is 0 Å². The number of pyridine rings is 1. The van der Waals surface area contributed by atoms with Gasteiger partial charge in [0.1, 0.15) is 11.3 Å². The van der Waals surface area contributed by atoms with Crippen LogP contribution in [0.3, 0.4) is 0 Å². The predicted molar refractivity (Wildman–Crippen MR) is 138 cm³/mol. The van der Waals surface area contributed by atoms with Crippen molar-refractivity contribution in [3.05, 3.63) is 114 Å². The highest BCUT2D eigenvalue weighted by molar-refractivity contribution is 6.10. The maximum Gasteiger partial charge on any atom is 0.141 e. The van der Waals surface area contributed by atoms with E-state index in [2.05, 4.69) is 89.3 Å². The molecular weight excluding hydrogens is 404 g/mol. The molecule has 0 aliphatic heterocycles. The molecule has 0 saturated carbocycles. The summed E-state index contributed by atoms with van der Waals surface area (Å²) in [6.45, 7) is 2.11. The number of fused-ring (bicyclic) bond motifs is 4. The second-order valence-electron chi connectivity index (χ2n) is 8.38. The number of phenols is 1. The van der Waals surface area contributed by atoms with Crippen LogP contribution in [-0.2, 0) is 0 Å². The maximum atomic E-state index is 10.1. The van der Waals surface area contributed by atoms with Crippen molar-refractivity contribution in [2.45, 2.75) is 6.92 Å². The minimum Gasteiger partial charge on any atom is -0.506 e. The van der Waals surface area contributed by atoms with E-state index >= 15 is 0 Å². The lowest BCUT2D eigenvalue weighted by atomic mass is 10.1. The normalized spacial score (nSPS) is 11.8. The average molecular weight is 427 g/mol. The van der Waals surface area contributed by atoms with E-state index in [1.807, 2.05) is 30.3 Å². The first-order chi connectivity index (χ1) is 16.2. The molecule has 0 radical (unpaired) electrons. The van der Waals surface area contributed by atoms with E-state index in [0.717, 1.165) is 22.3 Å². The van der Waals surface area contributed by atoms with E-state index in [-0.39, 0.29) is 5.75 Å². The van der Waals surface area contributed by atoms with Gasteiger partial charge in [-0.15, -0.1) is 0 Å². The lowest BCUT2D eigenvalue weighted by Gasteiger charge is -2.08. The smallest absolute Gasteiger partial charge is 0.141 e. The number of aromatic hydroxyl groups is 1. The Morgan fingerprint density at radius 1 is 0.727 bits per heavy atom. The quantitative estimate of drug-likeness (QED) is 0.318. The zero-order valence-electron chi connectivity index (χ0n) is 18.2. The zero-order valence-corrected chi connectivity index (χ0v) is 18.2. The van der Waals surface area contributed by atoms with Crippen LogP contribution < -0.4 is 0 Å². The van der Waals surface area contributed by atoms with Crippen LogP contribution in [-0.4, -0.2) is 14.7 Å². The fourth-order valence-corrected chi connectivity index (χ4v) is 4.49. The minimum absolute atomic E-state index is 0.202. The van der Waals surface area contributed by atoms with Crippen molar-refractivity contribution < 1.29 is 5.11 Å². The Balaban J connectivity index is 1.46. The maximum absolute atomic E-state index is 10.1. The molecule has 0 unspecified atom stereocenters. The van der Waals surface area contributed by atoms with Crippen LogP contribution in [0, 0.1) is 6.92 Å². The Morgan fingerprint density at radius 3 is 2.42 bits per heavy atom. The van der Waals surface area contributed by atoms with Gasteiger partial charge >= 0.3 is 0 Å². The third-order valence-corrected chi connectivity index (χ3v) is 6.16. The Hall–Kier alpha value is -4.37. The number of rotatable bonds is 3. The highest BCUT2D eigenvalue weighted by Gasteiger charge is 2.12. The van der Waals surface area contributed by atoms with Gasteiger partial charge in [-0.3, -0.25) is 0 Å². The van der Waals surface area contributed by atoms with Crippen molar-refractivity contribution in [2.24, 2.45) is 0 Å². The first kappa shape index (κ1) is 19.3. The zero-order chi connectivity index (χ0) is 22.4. The molecule has 0 atom stereocenters. The fraction of sp³-hybridized carbons (Fsp3) is 0.0333. The molecule has 33 heavy (non-hydrogen) atoms. The number of nitrogens with zero attached hydrogens (tertiary/aromatic N) is 2. The fourth-order valence-electron chi connectivity index (χ4n) is 4.49. The van der Waals surface area contributed by atoms with Crippen LogP contribution in [0.15, 0.2) is 97.1 Å². The van der Waals surface area contributed by atoms with Crippen LogP contribution in [0.1, 0.15) is 16.8 Å². The average Bonchev–Trinajstić information content (AvgIpc) is 3.17. The summed E-state index contributed by atoms with van der Waals surface area (Å²) in [6, 6.07) is 33.2. The third kappa shape index (κ3) is 3.35. The van der Waals surface area contributed by atoms with Gasteiger partial charge in [0.25, 0.3) is 0 Å². The number of aromatic nitrogens is 2. The van der Waals surface area contributed by atoms with E-state index in [0.29, 0.717) is 5.52 Å². The summed E-state index contributed by atoms with van der Waals surface area (Å²) in [5.74, 6) is 0.202. The molecule has 6 aromatic rings. The van der Waals surface area contributed by atoms with Gasteiger partial charge in [0, 0.05) is 21.8 Å². The van der Waals surface area contributed by atoms with Gasteiger partial charge in [0.05, 0.1) is 16.7 Å². The summed E-state index contributed by atoms with van der Waals surface area (Å²) in [4.78, 5) is 4.61. The molecular formula is C30H22N2O. The molecule has 3 heteroatoms. The van der Waals surface area contributed by atoms with Gasteiger partial charge in [-0.2, -0.15) is 0 Å². The van der Waals surface area contributed by atoms with E-state index < -0.39 is 0 Å². The molecule has 158 valence electrons.